The number of hydrogen-bond acceptors (Lipinski definition) is 1. The smallest absolute Gasteiger partial charge is 0.448 e. The summed E-state index contributed by atoms with van der Waals surface area (Å²) < 4.78 is 34.0. The summed E-state index contributed by atoms with van der Waals surface area (Å²) in [5, 5.41) is 0. The monoisotopic (exact) mass is 165 g/mol. The van der Waals surface area contributed by atoms with Gasteiger partial charge in [-0.05, 0) is 20.5 Å². The summed E-state index contributed by atoms with van der Waals surface area (Å²) in [4.78, 5) is 1.11. The molecule has 6 heteroatoms. The fourth-order valence-corrected chi connectivity index (χ4v) is 0.414. The molecule has 0 bridgehead atoms. The molecule has 0 rings (SSSR count). The zero-order chi connectivity index (χ0) is 6.78. The third-order valence-corrected chi connectivity index (χ3v) is 0.572. The minimum absolute atomic E-state index is 0. The van der Waals surface area contributed by atoms with Crippen LogP contribution in [-0.2, 0) is 0 Å². The first-order chi connectivity index (χ1) is 3.42. The van der Waals surface area contributed by atoms with Crippen molar-refractivity contribution < 1.29 is 64.3 Å². The summed E-state index contributed by atoms with van der Waals surface area (Å²) in [6, 6.07) is 0. The summed E-state index contributed by atoms with van der Waals surface area (Å²) in [6.45, 7) is -4.61. The predicted octanol–water partition coefficient (Wildman–Crippen LogP) is -2.06. The van der Waals surface area contributed by atoms with Crippen molar-refractivity contribution in [2.75, 3.05) is 20.5 Å². The van der Waals surface area contributed by atoms with E-state index >= 15 is 0 Å². The van der Waals surface area contributed by atoms with Crippen LogP contribution in [0.2, 0.25) is 0 Å². The van der Waals surface area contributed by atoms with Gasteiger partial charge in [0.25, 0.3) is 0 Å². The Hall–Kier alpha value is 1.45. The van der Waals surface area contributed by atoms with Crippen LogP contribution >= 0.6 is 0 Å². The van der Waals surface area contributed by atoms with E-state index in [9.17, 15) is 12.9 Å². The molecule has 0 saturated carbocycles. The predicted molar refractivity (Wildman–Crippen MR) is 27.6 cm³/mol. The van der Waals surface area contributed by atoms with Crippen molar-refractivity contribution in [3.63, 3.8) is 0 Å². The summed E-state index contributed by atoms with van der Waals surface area (Å²) in [5.41, 5.74) is 0. The standard InChI is InChI=1S/C3H8BF3N.K/c1-8(2)3-4(5,6)7;/h3H2,1-2H3;/q-1;+1. The molecule has 0 aliphatic heterocycles. The van der Waals surface area contributed by atoms with Gasteiger partial charge < -0.3 is 17.8 Å². The topological polar surface area (TPSA) is 3.24 Å². The van der Waals surface area contributed by atoms with Crippen molar-refractivity contribution in [3.05, 3.63) is 0 Å². The molecule has 0 N–H and O–H groups in total. The van der Waals surface area contributed by atoms with E-state index in [1.165, 1.54) is 14.1 Å². The summed E-state index contributed by atoms with van der Waals surface area (Å²) in [7, 11) is 2.80. The molecule has 0 fully saturated rings. The van der Waals surface area contributed by atoms with Crippen molar-refractivity contribution in [2.45, 2.75) is 0 Å². The average Bonchev–Trinajstić information content (AvgIpc) is 1.21. The van der Waals surface area contributed by atoms with E-state index in [1.54, 1.807) is 0 Å². The quantitative estimate of drug-likeness (QED) is 0.425. The maximum Gasteiger partial charge on any atom is 1.00 e. The van der Waals surface area contributed by atoms with E-state index in [-0.39, 0.29) is 51.4 Å². The van der Waals surface area contributed by atoms with Crippen LogP contribution in [0.15, 0.2) is 0 Å². The number of rotatable bonds is 2. The van der Waals surface area contributed by atoms with Gasteiger partial charge in [-0.25, -0.2) is 0 Å². The Kier molecular flexibility index (Phi) is 7.48. The van der Waals surface area contributed by atoms with Gasteiger partial charge in [0.1, 0.15) is 0 Å². The van der Waals surface area contributed by atoms with E-state index in [1.807, 2.05) is 0 Å². The van der Waals surface area contributed by atoms with Crippen LogP contribution < -0.4 is 51.4 Å². The van der Waals surface area contributed by atoms with E-state index in [4.69, 9.17) is 0 Å². The molecule has 1 nitrogen and oxygen atoms in total. The molecule has 0 aliphatic carbocycles. The number of nitrogens with zero attached hydrogens (tertiary/aromatic N) is 1. The number of halogens is 3. The largest absolute Gasteiger partial charge is 1.00 e. The molecule has 0 atom stereocenters. The third-order valence-electron chi connectivity index (χ3n) is 0.572. The summed E-state index contributed by atoms with van der Waals surface area (Å²) in [5.74, 6) is 0. The second-order valence-electron chi connectivity index (χ2n) is 1.97. The Balaban J connectivity index is 0. The molecular weight excluding hydrogens is 157 g/mol. The molecule has 0 amide bonds. The van der Waals surface area contributed by atoms with Gasteiger partial charge in [0.05, 0.1) is 0 Å². The zero-order valence-electron chi connectivity index (χ0n) is 5.87. The van der Waals surface area contributed by atoms with Gasteiger partial charge in [0.15, 0.2) is 0 Å². The van der Waals surface area contributed by atoms with Gasteiger partial charge in [0.2, 0.25) is 0 Å². The Morgan fingerprint density at radius 3 is 1.56 bits per heavy atom. The normalized spacial score (nSPS) is 11.3. The van der Waals surface area contributed by atoms with Gasteiger partial charge in [0, 0.05) is 0 Å². The van der Waals surface area contributed by atoms with Crippen LogP contribution in [0.5, 0.6) is 0 Å². The van der Waals surface area contributed by atoms with E-state index in [0.717, 1.165) is 4.90 Å². The Morgan fingerprint density at radius 2 is 1.56 bits per heavy atom. The zero-order valence-corrected chi connectivity index (χ0v) is 8.99. The first-order valence-electron chi connectivity index (χ1n) is 2.27. The first kappa shape index (κ1) is 13.1. The molecule has 0 aromatic rings. The fourth-order valence-electron chi connectivity index (χ4n) is 0.414. The maximum absolute atomic E-state index is 11.3. The van der Waals surface area contributed by atoms with Crippen molar-refractivity contribution in [3.8, 4) is 0 Å². The Morgan fingerprint density at radius 1 is 1.22 bits per heavy atom. The Bertz CT molecular complexity index is 73.9. The van der Waals surface area contributed by atoms with Crippen LogP contribution in [0.25, 0.3) is 0 Å². The van der Waals surface area contributed by atoms with Crippen molar-refractivity contribution in [2.24, 2.45) is 0 Å². The summed E-state index contributed by atoms with van der Waals surface area (Å²) >= 11 is 0. The SMILES string of the molecule is CN(C)C[B-](F)(F)F.[K+]. The molecule has 0 aromatic carbocycles. The minimum Gasteiger partial charge on any atom is -0.448 e. The molecule has 0 heterocycles. The van der Waals surface area contributed by atoms with Crippen LogP contribution in [0.3, 0.4) is 0 Å². The minimum atomic E-state index is -4.61. The van der Waals surface area contributed by atoms with Crippen molar-refractivity contribution in [1.29, 1.82) is 0 Å². The molecule has 0 spiro atoms. The molecule has 0 saturated heterocycles. The maximum atomic E-state index is 11.3. The van der Waals surface area contributed by atoms with Gasteiger partial charge in [-0.1, -0.05) is 0 Å². The van der Waals surface area contributed by atoms with Crippen LogP contribution in [0.1, 0.15) is 0 Å². The van der Waals surface area contributed by atoms with Crippen LogP contribution in [-0.4, -0.2) is 32.4 Å². The van der Waals surface area contributed by atoms with Crippen LogP contribution in [0.4, 0.5) is 12.9 Å². The summed E-state index contributed by atoms with van der Waals surface area (Å²) in [6.07, 6.45) is -0.778. The molecule has 0 aromatic heterocycles. The van der Waals surface area contributed by atoms with Crippen molar-refractivity contribution in [1.82, 2.24) is 4.90 Å². The average molecular weight is 165 g/mol. The van der Waals surface area contributed by atoms with E-state index < -0.39 is 13.4 Å². The fraction of sp³-hybridized carbons (Fsp3) is 1.00. The molecule has 9 heavy (non-hydrogen) atoms. The van der Waals surface area contributed by atoms with Gasteiger partial charge >= 0.3 is 58.4 Å². The Labute approximate surface area is 95.5 Å². The second-order valence-corrected chi connectivity index (χ2v) is 1.97. The molecular formula is C3H8BF3KN. The van der Waals surface area contributed by atoms with Gasteiger partial charge in [-0.15, -0.1) is 0 Å². The molecule has 0 unspecified atom stereocenters. The van der Waals surface area contributed by atoms with Gasteiger partial charge in [-0.3, -0.25) is 0 Å². The first-order valence-corrected chi connectivity index (χ1v) is 2.27. The van der Waals surface area contributed by atoms with E-state index in [0.29, 0.717) is 0 Å². The second kappa shape index (κ2) is 5.15. The number of hydrogen-bond donors (Lipinski definition) is 0. The third kappa shape index (κ3) is 12.6. The molecule has 0 radical (unpaired) electrons. The van der Waals surface area contributed by atoms with Crippen molar-refractivity contribution >= 4 is 6.98 Å². The van der Waals surface area contributed by atoms with E-state index in [2.05, 4.69) is 0 Å². The van der Waals surface area contributed by atoms with Crippen LogP contribution in [0, 0.1) is 0 Å². The molecule has 50 valence electrons. The van der Waals surface area contributed by atoms with Gasteiger partial charge in [-0.2, -0.15) is 0 Å². The molecule has 0 aliphatic rings.